The Kier molecular flexibility index (Phi) is 3.91. The molecule has 0 spiro atoms. The largest absolute Gasteiger partial charge is 0.369 e. The number of aryl methyl sites for hydroxylation is 1. The van der Waals surface area contributed by atoms with Gasteiger partial charge in [0.1, 0.15) is 0 Å². The maximum atomic E-state index is 6.08. The van der Waals surface area contributed by atoms with Crippen molar-refractivity contribution in [3.63, 3.8) is 0 Å². The maximum absolute atomic E-state index is 6.08. The quantitative estimate of drug-likeness (QED) is 0.864. The molecule has 0 amide bonds. The average molecular weight is 365 g/mol. The van der Waals surface area contributed by atoms with Crippen molar-refractivity contribution in [2.45, 2.75) is 13.0 Å². The number of benzene rings is 2. The van der Waals surface area contributed by atoms with Gasteiger partial charge in [-0.1, -0.05) is 39.7 Å². The lowest BCUT2D eigenvalue weighted by Crippen LogP contribution is -2.36. The van der Waals surface area contributed by atoms with Crippen molar-refractivity contribution < 1.29 is 0 Å². The zero-order valence-electron chi connectivity index (χ0n) is 11.6. The van der Waals surface area contributed by atoms with E-state index in [0.717, 1.165) is 10.2 Å². The number of nitrogens with two attached hydrogens (primary N) is 1. The van der Waals surface area contributed by atoms with Crippen molar-refractivity contribution in [2.24, 2.45) is 10.7 Å². The normalized spacial score (nSPS) is 18.0. The fourth-order valence-electron chi connectivity index (χ4n) is 2.48. The van der Waals surface area contributed by atoms with E-state index in [-0.39, 0.29) is 6.04 Å². The molecule has 3 nitrogen and oxygen atoms in total. The van der Waals surface area contributed by atoms with E-state index in [4.69, 9.17) is 17.3 Å². The Labute approximate surface area is 137 Å². The summed E-state index contributed by atoms with van der Waals surface area (Å²) in [4.78, 5) is 6.45. The molecule has 0 saturated carbocycles. The predicted octanol–water partition coefficient (Wildman–Crippen LogP) is 4.29. The van der Waals surface area contributed by atoms with E-state index in [1.165, 1.54) is 11.1 Å². The van der Waals surface area contributed by atoms with Crippen LogP contribution in [0.5, 0.6) is 0 Å². The third-order valence-electron chi connectivity index (χ3n) is 3.67. The van der Waals surface area contributed by atoms with Gasteiger partial charge in [0.25, 0.3) is 0 Å². The van der Waals surface area contributed by atoms with Crippen molar-refractivity contribution in [2.75, 3.05) is 11.4 Å². The Bertz CT molecular complexity index is 697. The van der Waals surface area contributed by atoms with Gasteiger partial charge in [-0.15, -0.1) is 0 Å². The Morgan fingerprint density at radius 2 is 1.95 bits per heavy atom. The molecule has 3 rings (SSSR count). The second kappa shape index (κ2) is 5.70. The van der Waals surface area contributed by atoms with E-state index < -0.39 is 0 Å². The molecule has 0 bridgehead atoms. The molecule has 2 aromatic carbocycles. The number of hydrogen-bond donors (Lipinski definition) is 1. The van der Waals surface area contributed by atoms with Crippen LogP contribution >= 0.6 is 27.5 Å². The minimum absolute atomic E-state index is 0.114. The summed E-state index contributed by atoms with van der Waals surface area (Å²) in [5, 5.41) is 0.711. The molecular weight excluding hydrogens is 350 g/mol. The Morgan fingerprint density at radius 1 is 1.24 bits per heavy atom. The molecule has 1 aliphatic rings. The van der Waals surface area contributed by atoms with Crippen LogP contribution < -0.4 is 10.6 Å². The highest BCUT2D eigenvalue weighted by molar-refractivity contribution is 9.10. The molecule has 108 valence electrons. The Hall–Kier alpha value is -1.52. The fraction of sp³-hybridized carbons (Fsp3) is 0.188. The van der Waals surface area contributed by atoms with Crippen LogP contribution in [-0.4, -0.2) is 12.5 Å². The molecule has 2 aromatic rings. The lowest BCUT2D eigenvalue weighted by molar-refractivity contribution is 0.768. The molecule has 1 heterocycles. The number of aliphatic imine (C=N–C) groups is 1. The van der Waals surface area contributed by atoms with E-state index in [1.54, 1.807) is 0 Å². The van der Waals surface area contributed by atoms with Crippen molar-refractivity contribution in [3.8, 4) is 0 Å². The van der Waals surface area contributed by atoms with Gasteiger partial charge in [0.15, 0.2) is 5.96 Å². The van der Waals surface area contributed by atoms with Gasteiger partial charge in [-0.25, -0.2) is 0 Å². The van der Waals surface area contributed by atoms with Crippen molar-refractivity contribution in [1.29, 1.82) is 0 Å². The van der Waals surface area contributed by atoms with Gasteiger partial charge in [0.05, 0.1) is 12.6 Å². The Balaban J connectivity index is 1.98. The predicted molar refractivity (Wildman–Crippen MR) is 92.0 cm³/mol. The van der Waals surface area contributed by atoms with E-state index >= 15 is 0 Å². The van der Waals surface area contributed by atoms with Crippen LogP contribution in [0.15, 0.2) is 51.9 Å². The van der Waals surface area contributed by atoms with Crippen molar-refractivity contribution in [1.82, 2.24) is 0 Å². The van der Waals surface area contributed by atoms with Crippen LogP contribution in [0.3, 0.4) is 0 Å². The molecule has 21 heavy (non-hydrogen) atoms. The molecule has 1 aliphatic heterocycles. The number of rotatable bonds is 2. The molecule has 1 unspecified atom stereocenters. The lowest BCUT2D eigenvalue weighted by Gasteiger charge is -2.27. The van der Waals surface area contributed by atoms with E-state index in [9.17, 15) is 0 Å². The number of hydrogen-bond acceptors (Lipinski definition) is 3. The van der Waals surface area contributed by atoms with Crippen LogP contribution in [0.25, 0.3) is 0 Å². The highest BCUT2D eigenvalue weighted by atomic mass is 79.9. The van der Waals surface area contributed by atoms with Gasteiger partial charge >= 0.3 is 0 Å². The van der Waals surface area contributed by atoms with E-state index in [1.807, 2.05) is 29.2 Å². The molecular formula is C16H15BrClN3. The first kappa shape index (κ1) is 14.4. The summed E-state index contributed by atoms with van der Waals surface area (Å²) in [6, 6.07) is 14.1. The topological polar surface area (TPSA) is 41.6 Å². The molecule has 2 N–H and O–H groups in total. The smallest absolute Gasteiger partial charge is 0.196 e. The summed E-state index contributed by atoms with van der Waals surface area (Å²) in [6.07, 6.45) is 0. The molecule has 0 radical (unpaired) electrons. The van der Waals surface area contributed by atoms with Crippen LogP contribution in [-0.2, 0) is 0 Å². The highest BCUT2D eigenvalue weighted by Crippen LogP contribution is 2.33. The van der Waals surface area contributed by atoms with Gasteiger partial charge in [-0.05, 0) is 48.4 Å². The average Bonchev–Trinajstić information content (AvgIpc) is 2.85. The molecule has 0 aliphatic carbocycles. The lowest BCUT2D eigenvalue weighted by atomic mass is 10.0. The molecule has 0 aromatic heterocycles. The first-order valence-electron chi connectivity index (χ1n) is 6.67. The standard InChI is InChI=1S/C16H15BrClN3/c1-10-2-3-11(8-14(10)17)15-9-20-16(19)21(15)13-6-4-12(18)5-7-13/h2-8,15H,9H2,1H3,(H2,19,20). The zero-order valence-corrected chi connectivity index (χ0v) is 13.9. The molecule has 1 atom stereocenters. The minimum atomic E-state index is 0.114. The number of halogens is 2. The van der Waals surface area contributed by atoms with E-state index in [0.29, 0.717) is 17.5 Å². The SMILES string of the molecule is Cc1ccc(C2CN=C(N)N2c2ccc(Cl)cc2)cc1Br. The van der Waals surface area contributed by atoms with Crippen LogP contribution in [0.4, 0.5) is 5.69 Å². The summed E-state index contributed by atoms with van der Waals surface area (Å²) in [5.74, 6) is 0.541. The molecule has 5 heteroatoms. The summed E-state index contributed by atoms with van der Waals surface area (Å²) in [6.45, 7) is 2.73. The summed E-state index contributed by atoms with van der Waals surface area (Å²) >= 11 is 9.55. The fourth-order valence-corrected chi connectivity index (χ4v) is 3.00. The second-order valence-electron chi connectivity index (χ2n) is 5.07. The van der Waals surface area contributed by atoms with Gasteiger partial charge in [0, 0.05) is 15.2 Å². The summed E-state index contributed by atoms with van der Waals surface area (Å²) in [7, 11) is 0. The maximum Gasteiger partial charge on any atom is 0.196 e. The van der Waals surface area contributed by atoms with Crippen LogP contribution in [0.1, 0.15) is 17.2 Å². The van der Waals surface area contributed by atoms with Gasteiger partial charge < -0.3 is 10.6 Å². The van der Waals surface area contributed by atoms with E-state index in [2.05, 4.69) is 46.0 Å². The number of anilines is 1. The summed E-state index contributed by atoms with van der Waals surface area (Å²) < 4.78 is 1.10. The molecule has 0 saturated heterocycles. The van der Waals surface area contributed by atoms with Crippen molar-refractivity contribution >= 4 is 39.2 Å². The molecule has 0 fully saturated rings. The number of guanidine groups is 1. The third kappa shape index (κ3) is 2.78. The summed E-state index contributed by atoms with van der Waals surface area (Å²) in [5.41, 5.74) is 9.47. The van der Waals surface area contributed by atoms with Gasteiger partial charge in [-0.3, -0.25) is 4.99 Å². The zero-order chi connectivity index (χ0) is 15.0. The first-order chi connectivity index (χ1) is 10.1. The second-order valence-corrected chi connectivity index (χ2v) is 6.36. The van der Waals surface area contributed by atoms with Crippen LogP contribution in [0.2, 0.25) is 5.02 Å². The van der Waals surface area contributed by atoms with Crippen LogP contribution in [0, 0.1) is 6.92 Å². The highest BCUT2D eigenvalue weighted by Gasteiger charge is 2.29. The number of nitrogens with zero attached hydrogens (tertiary/aromatic N) is 2. The Morgan fingerprint density at radius 3 is 2.62 bits per heavy atom. The first-order valence-corrected chi connectivity index (χ1v) is 7.84. The van der Waals surface area contributed by atoms with Gasteiger partial charge in [-0.2, -0.15) is 0 Å². The third-order valence-corrected chi connectivity index (χ3v) is 4.78. The minimum Gasteiger partial charge on any atom is -0.369 e. The van der Waals surface area contributed by atoms with Gasteiger partial charge in [0.2, 0.25) is 0 Å². The monoisotopic (exact) mass is 363 g/mol. The van der Waals surface area contributed by atoms with Crippen molar-refractivity contribution in [3.05, 3.63) is 63.1 Å².